The largest absolute Gasteiger partial charge is 0.383 e. The van der Waals surface area contributed by atoms with Gasteiger partial charge < -0.3 is 4.74 Å². The quantitative estimate of drug-likeness (QED) is 0.724. The molecule has 1 aromatic heterocycles. The van der Waals surface area contributed by atoms with Crippen molar-refractivity contribution < 1.29 is 9.13 Å². The Morgan fingerprint density at radius 1 is 1.15 bits per heavy atom. The second kappa shape index (κ2) is 6.97. The third kappa shape index (κ3) is 3.13. The molecule has 0 saturated carbocycles. The minimum absolute atomic E-state index is 0.0119. The van der Waals surface area contributed by atoms with Crippen LogP contribution in [0.25, 0.3) is 22.0 Å². The number of benzene rings is 2. The molecule has 0 fully saturated rings. The summed E-state index contributed by atoms with van der Waals surface area (Å²) in [5.41, 5.74) is 2.26. The van der Waals surface area contributed by atoms with Gasteiger partial charge >= 0.3 is 0 Å². The fraction of sp³-hybridized carbons (Fsp3) is 0.300. The van der Waals surface area contributed by atoms with Crippen LogP contribution < -0.4 is 5.56 Å². The second-order valence-corrected chi connectivity index (χ2v) is 6.50. The number of hydrogen-bond acceptors (Lipinski definition) is 4. The monoisotopic (exact) mass is 353 g/mol. The second-order valence-electron chi connectivity index (χ2n) is 6.50. The molecule has 26 heavy (non-hydrogen) atoms. The third-order valence-electron chi connectivity index (χ3n) is 4.81. The molecule has 5 nitrogen and oxygen atoms in total. The molecule has 0 bridgehead atoms. The van der Waals surface area contributed by atoms with Crippen LogP contribution in [0.2, 0.25) is 0 Å². The fourth-order valence-electron chi connectivity index (χ4n) is 3.40. The van der Waals surface area contributed by atoms with Crippen molar-refractivity contribution in [2.75, 3.05) is 26.8 Å². The first-order valence-corrected chi connectivity index (χ1v) is 8.66. The number of fused-ring (bicyclic) bond motifs is 2. The van der Waals surface area contributed by atoms with Gasteiger partial charge in [-0.05, 0) is 35.4 Å². The van der Waals surface area contributed by atoms with Gasteiger partial charge in [0.25, 0.3) is 5.56 Å². The molecule has 6 heteroatoms. The molecule has 3 aromatic rings. The molecule has 0 aliphatic carbocycles. The molecule has 0 spiro atoms. The van der Waals surface area contributed by atoms with E-state index in [1.165, 1.54) is 12.1 Å². The zero-order chi connectivity index (χ0) is 18.1. The van der Waals surface area contributed by atoms with Gasteiger partial charge in [-0.2, -0.15) is 0 Å². The summed E-state index contributed by atoms with van der Waals surface area (Å²) in [6, 6.07) is 11.9. The normalized spacial score (nSPS) is 14.5. The highest BCUT2D eigenvalue weighted by atomic mass is 19.1. The van der Waals surface area contributed by atoms with Crippen molar-refractivity contribution in [2.45, 2.75) is 13.1 Å². The van der Waals surface area contributed by atoms with E-state index >= 15 is 0 Å². The fourth-order valence-corrected chi connectivity index (χ4v) is 3.40. The van der Waals surface area contributed by atoms with Crippen LogP contribution in [0.3, 0.4) is 0 Å². The summed E-state index contributed by atoms with van der Waals surface area (Å²) in [5, 5.41) is 0.597. The summed E-state index contributed by atoms with van der Waals surface area (Å²) in [5.74, 6) is 0.482. The Labute approximate surface area is 150 Å². The van der Waals surface area contributed by atoms with Gasteiger partial charge in [-0.25, -0.2) is 9.37 Å². The van der Waals surface area contributed by atoms with E-state index in [1.54, 1.807) is 23.8 Å². The van der Waals surface area contributed by atoms with Gasteiger partial charge in [-0.15, -0.1) is 0 Å². The first-order valence-electron chi connectivity index (χ1n) is 8.66. The molecule has 0 atom stereocenters. The number of methoxy groups -OCH3 is 1. The Balaban J connectivity index is 1.76. The summed E-state index contributed by atoms with van der Waals surface area (Å²) in [6.45, 7) is 3.53. The maximum atomic E-state index is 13.5. The van der Waals surface area contributed by atoms with Gasteiger partial charge in [-0.1, -0.05) is 18.2 Å². The van der Waals surface area contributed by atoms with E-state index in [0.29, 0.717) is 30.6 Å². The summed E-state index contributed by atoms with van der Waals surface area (Å²) < 4.78 is 20.4. The molecule has 2 aromatic carbocycles. The zero-order valence-electron chi connectivity index (χ0n) is 14.6. The Hall–Kier alpha value is -2.57. The Bertz CT molecular complexity index is 1020. The topological polar surface area (TPSA) is 47.4 Å². The van der Waals surface area contributed by atoms with Crippen LogP contribution in [0.5, 0.6) is 0 Å². The molecule has 0 N–H and O–H groups in total. The van der Waals surface area contributed by atoms with E-state index < -0.39 is 0 Å². The van der Waals surface area contributed by atoms with Crippen LogP contribution >= 0.6 is 0 Å². The Morgan fingerprint density at radius 2 is 2.00 bits per heavy atom. The van der Waals surface area contributed by atoms with E-state index in [9.17, 15) is 9.18 Å². The SMILES string of the molecule is COCCN1CCn2c(nc3cc(-c4cccc(F)c4)ccc3c2=O)C1. The lowest BCUT2D eigenvalue weighted by atomic mass is 10.0. The summed E-state index contributed by atoms with van der Waals surface area (Å²) in [4.78, 5) is 19.8. The molecule has 0 saturated heterocycles. The minimum atomic E-state index is -0.283. The highest BCUT2D eigenvalue weighted by molar-refractivity contribution is 5.83. The molecular weight excluding hydrogens is 333 g/mol. The smallest absolute Gasteiger partial charge is 0.261 e. The van der Waals surface area contributed by atoms with Crippen molar-refractivity contribution in [1.29, 1.82) is 0 Å². The molecule has 2 heterocycles. The van der Waals surface area contributed by atoms with Crippen molar-refractivity contribution in [3.63, 3.8) is 0 Å². The molecule has 134 valence electrons. The van der Waals surface area contributed by atoms with Gasteiger partial charge in [-0.3, -0.25) is 14.3 Å². The van der Waals surface area contributed by atoms with Crippen LogP contribution in [0.15, 0.2) is 47.3 Å². The molecule has 1 aliphatic heterocycles. The number of nitrogens with zero attached hydrogens (tertiary/aromatic N) is 3. The van der Waals surface area contributed by atoms with E-state index in [1.807, 2.05) is 18.2 Å². The van der Waals surface area contributed by atoms with E-state index in [2.05, 4.69) is 4.90 Å². The lowest BCUT2D eigenvalue weighted by molar-refractivity contribution is 0.128. The number of ether oxygens (including phenoxy) is 1. The molecule has 0 unspecified atom stereocenters. The first kappa shape index (κ1) is 16.9. The third-order valence-corrected chi connectivity index (χ3v) is 4.81. The van der Waals surface area contributed by atoms with Gasteiger partial charge in [0, 0.05) is 26.7 Å². The molecule has 0 amide bonds. The lowest BCUT2D eigenvalue weighted by Gasteiger charge is -2.28. The Morgan fingerprint density at radius 3 is 2.81 bits per heavy atom. The minimum Gasteiger partial charge on any atom is -0.383 e. The number of aromatic nitrogens is 2. The van der Waals surface area contributed by atoms with Crippen molar-refractivity contribution >= 4 is 10.9 Å². The molecule has 1 aliphatic rings. The van der Waals surface area contributed by atoms with Crippen LogP contribution in [0, 0.1) is 5.82 Å². The molecule has 4 rings (SSSR count). The van der Waals surface area contributed by atoms with Crippen molar-refractivity contribution in [2.24, 2.45) is 0 Å². The van der Waals surface area contributed by atoms with Crippen molar-refractivity contribution in [1.82, 2.24) is 14.5 Å². The van der Waals surface area contributed by atoms with E-state index in [-0.39, 0.29) is 11.4 Å². The van der Waals surface area contributed by atoms with Crippen LogP contribution in [0.1, 0.15) is 5.82 Å². The standard InChI is InChI=1S/C20H20FN3O2/c1-26-10-9-23-7-8-24-19(13-23)22-18-12-15(5-6-17(18)20(24)25)14-3-2-4-16(21)11-14/h2-6,11-12H,7-10,13H2,1H3. The van der Waals surface area contributed by atoms with Crippen LogP contribution in [-0.2, 0) is 17.8 Å². The first-order chi connectivity index (χ1) is 12.7. The van der Waals surface area contributed by atoms with Gasteiger partial charge in [0.1, 0.15) is 11.6 Å². The summed E-state index contributed by atoms with van der Waals surface area (Å²) in [6.07, 6.45) is 0. The van der Waals surface area contributed by atoms with Crippen molar-refractivity contribution in [3.8, 4) is 11.1 Å². The van der Waals surface area contributed by atoms with Crippen LogP contribution in [-0.4, -0.2) is 41.3 Å². The average molecular weight is 353 g/mol. The van der Waals surface area contributed by atoms with Gasteiger partial charge in [0.05, 0.1) is 24.1 Å². The summed E-state index contributed by atoms with van der Waals surface area (Å²) in [7, 11) is 1.68. The van der Waals surface area contributed by atoms with Gasteiger partial charge in [0.2, 0.25) is 0 Å². The molecule has 0 radical (unpaired) electrons. The number of hydrogen-bond donors (Lipinski definition) is 0. The van der Waals surface area contributed by atoms with Crippen molar-refractivity contribution in [3.05, 3.63) is 64.5 Å². The average Bonchev–Trinajstić information content (AvgIpc) is 2.66. The highest BCUT2D eigenvalue weighted by Crippen LogP contribution is 2.23. The predicted octanol–water partition coefficient (Wildman–Crippen LogP) is 2.66. The van der Waals surface area contributed by atoms with E-state index in [0.717, 1.165) is 30.0 Å². The van der Waals surface area contributed by atoms with Gasteiger partial charge in [0.15, 0.2) is 0 Å². The van der Waals surface area contributed by atoms with Crippen LogP contribution in [0.4, 0.5) is 4.39 Å². The highest BCUT2D eigenvalue weighted by Gasteiger charge is 2.19. The van der Waals surface area contributed by atoms with E-state index in [4.69, 9.17) is 9.72 Å². The lowest BCUT2D eigenvalue weighted by Crippen LogP contribution is -2.41. The summed E-state index contributed by atoms with van der Waals surface area (Å²) >= 11 is 0. The molecular formula is C20H20FN3O2. The predicted molar refractivity (Wildman–Crippen MR) is 98.6 cm³/mol. The Kier molecular flexibility index (Phi) is 4.53. The zero-order valence-corrected chi connectivity index (χ0v) is 14.6. The number of rotatable bonds is 4. The maximum Gasteiger partial charge on any atom is 0.261 e. The number of halogens is 1. The maximum absolute atomic E-state index is 13.5.